The van der Waals surface area contributed by atoms with Gasteiger partial charge in [-0.15, -0.1) is 0 Å². The lowest BCUT2D eigenvalue weighted by atomic mass is 9.75. The molecule has 0 aromatic heterocycles. The molecule has 29 heavy (non-hydrogen) atoms. The molecular formula is C24H34O5. The van der Waals surface area contributed by atoms with Gasteiger partial charge in [-0.1, -0.05) is 69.8 Å². The average molecular weight is 403 g/mol. The van der Waals surface area contributed by atoms with E-state index in [1.54, 1.807) is 51.3 Å². The van der Waals surface area contributed by atoms with E-state index < -0.39 is 17.4 Å². The number of esters is 2. The summed E-state index contributed by atoms with van der Waals surface area (Å²) in [6.45, 7) is 13.8. The number of ether oxygens (including phenoxy) is 3. The van der Waals surface area contributed by atoms with Gasteiger partial charge in [-0.25, -0.2) is 0 Å². The lowest BCUT2D eigenvalue weighted by Crippen LogP contribution is -2.46. The first-order valence-corrected chi connectivity index (χ1v) is 9.94. The molecule has 0 spiro atoms. The Morgan fingerprint density at radius 1 is 1.03 bits per heavy atom. The Morgan fingerprint density at radius 3 is 1.93 bits per heavy atom. The third-order valence-corrected chi connectivity index (χ3v) is 4.72. The molecule has 0 aliphatic rings. The summed E-state index contributed by atoms with van der Waals surface area (Å²) in [5.74, 6) is -1.26. The third-order valence-electron chi connectivity index (χ3n) is 4.72. The number of carbonyl (C=O) groups excluding carboxylic acids is 2. The van der Waals surface area contributed by atoms with Gasteiger partial charge in [-0.3, -0.25) is 9.59 Å². The van der Waals surface area contributed by atoms with Crippen molar-refractivity contribution in [1.82, 2.24) is 0 Å². The number of hydrogen-bond donors (Lipinski definition) is 0. The van der Waals surface area contributed by atoms with Crippen LogP contribution in [0.25, 0.3) is 0 Å². The Bertz CT molecular complexity index is 695. The smallest absolute Gasteiger partial charge is 0.328 e. The van der Waals surface area contributed by atoms with E-state index in [0.717, 1.165) is 5.57 Å². The van der Waals surface area contributed by atoms with Crippen LogP contribution in [-0.2, 0) is 29.2 Å². The Kier molecular flexibility index (Phi) is 9.31. The first kappa shape index (κ1) is 24.6. The lowest BCUT2D eigenvalue weighted by molar-refractivity contribution is -0.164. The highest BCUT2D eigenvalue weighted by atomic mass is 16.6. The molecule has 1 aromatic rings. The van der Waals surface area contributed by atoms with Gasteiger partial charge in [-0.2, -0.15) is 0 Å². The molecule has 0 saturated carbocycles. The van der Waals surface area contributed by atoms with Crippen LogP contribution >= 0.6 is 0 Å². The van der Waals surface area contributed by atoms with Crippen molar-refractivity contribution in [3.63, 3.8) is 0 Å². The van der Waals surface area contributed by atoms with Gasteiger partial charge < -0.3 is 14.2 Å². The predicted molar refractivity (Wildman–Crippen MR) is 115 cm³/mol. The number of benzene rings is 1. The van der Waals surface area contributed by atoms with Gasteiger partial charge in [0.2, 0.25) is 0 Å². The lowest BCUT2D eigenvalue weighted by Gasteiger charge is -2.32. The van der Waals surface area contributed by atoms with Gasteiger partial charge in [0.15, 0.2) is 5.41 Å². The maximum Gasteiger partial charge on any atom is 0.328 e. The van der Waals surface area contributed by atoms with Crippen molar-refractivity contribution in [3.8, 4) is 0 Å². The SMILES string of the molecule is C=C/C(=C\CC(C(=O)OCC)(C(=O)OCC)c1ccccc1)[C@@H](OC)C(C)(C)C. The third kappa shape index (κ3) is 5.80. The van der Waals surface area contributed by atoms with Crippen LogP contribution in [0.2, 0.25) is 0 Å². The first-order valence-electron chi connectivity index (χ1n) is 9.94. The fourth-order valence-corrected chi connectivity index (χ4v) is 3.39. The van der Waals surface area contributed by atoms with Gasteiger partial charge in [0, 0.05) is 7.11 Å². The van der Waals surface area contributed by atoms with E-state index in [1.165, 1.54) is 0 Å². The van der Waals surface area contributed by atoms with Crippen LogP contribution in [0.4, 0.5) is 0 Å². The maximum absolute atomic E-state index is 13.1. The highest BCUT2D eigenvalue weighted by Crippen LogP contribution is 2.35. The van der Waals surface area contributed by atoms with Gasteiger partial charge in [0.1, 0.15) is 0 Å². The van der Waals surface area contributed by atoms with E-state index in [-0.39, 0.29) is 31.2 Å². The largest absolute Gasteiger partial charge is 0.465 e. The molecule has 0 radical (unpaired) electrons. The second-order valence-corrected chi connectivity index (χ2v) is 7.81. The Labute approximate surface area is 174 Å². The Hall–Kier alpha value is -2.40. The van der Waals surface area contributed by atoms with Crippen molar-refractivity contribution < 1.29 is 23.8 Å². The number of allylic oxidation sites excluding steroid dienone is 1. The van der Waals surface area contributed by atoms with Gasteiger partial charge in [-0.05, 0) is 36.8 Å². The standard InChI is InChI=1S/C24H34O5/c1-8-18(20(27-7)23(4,5)6)16-17-24(21(25)28-9-2,22(26)29-10-3)19-14-12-11-13-15-19/h8,11-16,20H,1,9-10,17H2,2-7H3/b18-16+/t20-/m1/s1. The molecule has 0 amide bonds. The summed E-state index contributed by atoms with van der Waals surface area (Å²) in [4.78, 5) is 26.2. The zero-order valence-corrected chi connectivity index (χ0v) is 18.5. The number of carbonyl (C=O) groups is 2. The van der Waals surface area contributed by atoms with Crippen LogP contribution in [0.1, 0.15) is 46.6 Å². The topological polar surface area (TPSA) is 61.8 Å². The van der Waals surface area contributed by atoms with Crippen molar-refractivity contribution >= 4 is 11.9 Å². The number of rotatable bonds is 10. The van der Waals surface area contributed by atoms with Crippen LogP contribution in [0.5, 0.6) is 0 Å². The van der Waals surface area contributed by atoms with E-state index in [2.05, 4.69) is 27.4 Å². The molecule has 0 unspecified atom stereocenters. The van der Waals surface area contributed by atoms with Crippen molar-refractivity contribution in [2.45, 2.75) is 52.6 Å². The Balaban J connectivity index is 3.59. The van der Waals surface area contributed by atoms with Crippen LogP contribution in [-0.4, -0.2) is 38.4 Å². The molecule has 160 valence electrons. The fourth-order valence-electron chi connectivity index (χ4n) is 3.39. The highest BCUT2D eigenvalue weighted by Gasteiger charge is 2.50. The maximum atomic E-state index is 13.1. The van der Waals surface area contributed by atoms with Crippen LogP contribution in [0.15, 0.2) is 54.6 Å². The molecule has 0 N–H and O–H groups in total. The van der Waals surface area contributed by atoms with Crippen LogP contribution < -0.4 is 0 Å². The molecule has 0 saturated heterocycles. The van der Waals surface area contributed by atoms with Crippen molar-refractivity contribution in [2.75, 3.05) is 20.3 Å². The van der Waals surface area contributed by atoms with Gasteiger partial charge in [0.05, 0.1) is 19.3 Å². The zero-order chi connectivity index (χ0) is 22.1. The minimum Gasteiger partial charge on any atom is -0.465 e. The highest BCUT2D eigenvalue weighted by molar-refractivity contribution is 6.06. The van der Waals surface area contributed by atoms with E-state index in [4.69, 9.17) is 14.2 Å². The van der Waals surface area contributed by atoms with E-state index in [0.29, 0.717) is 5.56 Å². The minimum absolute atomic E-state index is 0.0754. The summed E-state index contributed by atoms with van der Waals surface area (Å²) < 4.78 is 16.3. The van der Waals surface area contributed by atoms with Crippen molar-refractivity contribution in [3.05, 3.63) is 60.2 Å². The summed E-state index contributed by atoms with van der Waals surface area (Å²) in [5, 5.41) is 0. The normalized spacial score (nSPS) is 13.5. The predicted octanol–water partition coefficient (Wildman–Crippen LogP) is 4.61. The summed E-state index contributed by atoms with van der Waals surface area (Å²) in [6, 6.07) is 8.89. The van der Waals surface area contributed by atoms with Gasteiger partial charge >= 0.3 is 11.9 Å². The molecule has 1 aromatic carbocycles. The minimum atomic E-state index is -1.60. The van der Waals surface area contributed by atoms with E-state index >= 15 is 0 Å². The summed E-state index contributed by atoms with van der Waals surface area (Å²) in [6.07, 6.45) is 3.35. The first-order chi connectivity index (χ1) is 13.7. The molecule has 1 atom stereocenters. The number of methoxy groups -OCH3 is 1. The molecule has 0 bridgehead atoms. The van der Waals surface area contributed by atoms with E-state index in [1.807, 2.05) is 12.1 Å². The average Bonchev–Trinajstić information content (AvgIpc) is 2.67. The van der Waals surface area contributed by atoms with Crippen molar-refractivity contribution in [2.24, 2.45) is 5.41 Å². The van der Waals surface area contributed by atoms with Crippen LogP contribution in [0, 0.1) is 5.41 Å². The molecule has 1 rings (SSSR count). The quantitative estimate of drug-likeness (QED) is 0.325. The van der Waals surface area contributed by atoms with Gasteiger partial charge in [0.25, 0.3) is 0 Å². The van der Waals surface area contributed by atoms with Crippen molar-refractivity contribution in [1.29, 1.82) is 0 Å². The molecule has 5 nitrogen and oxygen atoms in total. The summed E-state index contributed by atoms with van der Waals surface area (Å²) >= 11 is 0. The van der Waals surface area contributed by atoms with Crippen LogP contribution in [0.3, 0.4) is 0 Å². The number of hydrogen-bond acceptors (Lipinski definition) is 5. The monoisotopic (exact) mass is 402 g/mol. The molecule has 0 aliphatic carbocycles. The molecule has 5 heteroatoms. The Morgan fingerprint density at radius 2 is 1.55 bits per heavy atom. The molecule has 0 aliphatic heterocycles. The molecular weight excluding hydrogens is 368 g/mol. The second kappa shape index (κ2) is 11.0. The second-order valence-electron chi connectivity index (χ2n) is 7.81. The zero-order valence-electron chi connectivity index (χ0n) is 18.5. The molecule has 0 fully saturated rings. The van der Waals surface area contributed by atoms with E-state index in [9.17, 15) is 9.59 Å². The summed E-state index contributed by atoms with van der Waals surface area (Å²) in [7, 11) is 1.63. The summed E-state index contributed by atoms with van der Waals surface area (Å²) in [5.41, 5.74) is -0.467. The fraction of sp³-hybridized carbons (Fsp3) is 0.500. The molecule has 0 heterocycles.